The predicted molar refractivity (Wildman–Crippen MR) is 65.5 cm³/mol. The van der Waals surface area contributed by atoms with Crippen LogP contribution in [0.15, 0.2) is 0 Å². The number of carbonyl (C=O) groups is 1. The Labute approximate surface area is 107 Å². The van der Waals surface area contributed by atoms with Gasteiger partial charge in [-0.3, -0.25) is 4.79 Å². The Balaban J connectivity index is 1.84. The van der Waals surface area contributed by atoms with Crippen molar-refractivity contribution in [2.45, 2.75) is 43.3 Å². The number of sulfonamides is 1. The summed E-state index contributed by atoms with van der Waals surface area (Å²) < 4.78 is 26.4. The fraction of sp³-hybridized carbons (Fsp3) is 0.917. The van der Waals surface area contributed by atoms with Gasteiger partial charge < -0.3 is 5.11 Å². The van der Waals surface area contributed by atoms with Crippen LogP contribution in [0.1, 0.15) is 38.5 Å². The van der Waals surface area contributed by atoms with E-state index in [1.807, 2.05) is 0 Å². The van der Waals surface area contributed by atoms with E-state index in [1.54, 1.807) is 0 Å². The van der Waals surface area contributed by atoms with Gasteiger partial charge in [0, 0.05) is 0 Å². The maximum atomic E-state index is 12.4. The van der Waals surface area contributed by atoms with Gasteiger partial charge in [0.1, 0.15) is 6.54 Å². The zero-order valence-electron chi connectivity index (χ0n) is 10.3. The molecule has 18 heavy (non-hydrogen) atoms. The highest BCUT2D eigenvalue weighted by Gasteiger charge is 2.57. The van der Waals surface area contributed by atoms with Gasteiger partial charge in [-0.25, -0.2) is 13.1 Å². The van der Waals surface area contributed by atoms with Crippen LogP contribution in [0.3, 0.4) is 0 Å². The van der Waals surface area contributed by atoms with Crippen LogP contribution in [-0.2, 0) is 14.8 Å². The molecule has 4 aliphatic rings. The van der Waals surface area contributed by atoms with Crippen molar-refractivity contribution in [1.82, 2.24) is 4.72 Å². The summed E-state index contributed by atoms with van der Waals surface area (Å²) in [7, 11) is -3.51. The topological polar surface area (TPSA) is 83.5 Å². The van der Waals surface area contributed by atoms with E-state index in [4.69, 9.17) is 5.11 Å². The largest absolute Gasteiger partial charge is 0.480 e. The van der Waals surface area contributed by atoms with Gasteiger partial charge in [0.25, 0.3) is 0 Å². The molecule has 0 atom stereocenters. The molecule has 5 nitrogen and oxygen atoms in total. The second kappa shape index (κ2) is 3.93. The van der Waals surface area contributed by atoms with Gasteiger partial charge in [-0.05, 0) is 56.3 Å². The Kier molecular flexibility index (Phi) is 2.71. The lowest BCUT2D eigenvalue weighted by Crippen LogP contribution is -2.58. The van der Waals surface area contributed by atoms with Crippen molar-refractivity contribution < 1.29 is 18.3 Å². The molecule has 0 amide bonds. The minimum atomic E-state index is -3.51. The summed E-state index contributed by atoms with van der Waals surface area (Å²) in [6.45, 7) is -0.496. The van der Waals surface area contributed by atoms with E-state index in [9.17, 15) is 13.2 Å². The standard InChI is InChI=1S/C12H19NO4S/c14-11(15)7-13-18(16,17)12-4-8-1-9(5-12)3-10(2-8)6-12/h8-10,13H,1-7H2,(H,14,15). The average Bonchev–Trinajstić information content (AvgIpc) is 2.24. The molecule has 0 aromatic heterocycles. The molecule has 4 bridgehead atoms. The number of rotatable bonds is 4. The lowest BCUT2D eigenvalue weighted by molar-refractivity contribution is -0.135. The fourth-order valence-electron chi connectivity index (χ4n) is 4.67. The summed E-state index contributed by atoms with van der Waals surface area (Å²) in [5.41, 5.74) is 0. The summed E-state index contributed by atoms with van der Waals surface area (Å²) in [5.74, 6) is 0.497. The summed E-state index contributed by atoms with van der Waals surface area (Å²) >= 11 is 0. The summed E-state index contributed by atoms with van der Waals surface area (Å²) in [6, 6.07) is 0. The molecule has 2 N–H and O–H groups in total. The number of carboxylic acid groups (broad SMARTS) is 1. The number of hydrogen-bond acceptors (Lipinski definition) is 3. The fourth-order valence-corrected chi connectivity index (χ4v) is 6.66. The molecule has 0 spiro atoms. The third-order valence-electron chi connectivity index (χ3n) is 4.97. The molecule has 0 aliphatic heterocycles. The first-order valence-electron chi connectivity index (χ1n) is 6.61. The number of aliphatic carboxylic acids is 1. The van der Waals surface area contributed by atoms with E-state index in [0.717, 1.165) is 19.3 Å². The van der Waals surface area contributed by atoms with Gasteiger partial charge in [0.05, 0.1) is 4.75 Å². The predicted octanol–water partition coefficient (Wildman–Crippen LogP) is 0.959. The van der Waals surface area contributed by atoms with Crippen LogP contribution in [0.25, 0.3) is 0 Å². The van der Waals surface area contributed by atoms with Gasteiger partial charge in [-0.15, -0.1) is 0 Å². The molecule has 102 valence electrons. The molecule has 4 aliphatic carbocycles. The van der Waals surface area contributed by atoms with Crippen LogP contribution in [-0.4, -0.2) is 30.8 Å². The number of carboxylic acids is 1. The molecular weight excluding hydrogens is 254 g/mol. The maximum Gasteiger partial charge on any atom is 0.318 e. The van der Waals surface area contributed by atoms with Crippen molar-refractivity contribution >= 4 is 16.0 Å². The normalized spacial score (nSPS) is 42.1. The third kappa shape index (κ3) is 1.86. The first-order valence-corrected chi connectivity index (χ1v) is 8.09. The van der Waals surface area contributed by atoms with E-state index < -0.39 is 27.3 Å². The van der Waals surface area contributed by atoms with Crippen molar-refractivity contribution in [1.29, 1.82) is 0 Å². The monoisotopic (exact) mass is 273 g/mol. The Hall–Kier alpha value is -0.620. The van der Waals surface area contributed by atoms with Gasteiger partial charge >= 0.3 is 5.97 Å². The first kappa shape index (κ1) is 12.4. The molecule has 4 saturated carbocycles. The van der Waals surface area contributed by atoms with Crippen molar-refractivity contribution in [2.24, 2.45) is 17.8 Å². The van der Waals surface area contributed by atoms with E-state index in [1.165, 1.54) is 19.3 Å². The van der Waals surface area contributed by atoms with Crippen LogP contribution < -0.4 is 4.72 Å². The van der Waals surface area contributed by atoms with Gasteiger partial charge in [-0.1, -0.05) is 0 Å². The molecule has 6 heteroatoms. The van der Waals surface area contributed by atoms with Gasteiger partial charge in [-0.2, -0.15) is 0 Å². The van der Waals surface area contributed by atoms with E-state index in [2.05, 4.69) is 4.72 Å². The smallest absolute Gasteiger partial charge is 0.318 e. The molecule has 4 fully saturated rings. The average molecular weight is 273 g/mol. The van der Waals surface area contributed by atoms with Crippen LogP contribution in [0, 0.1) is 17.8 Å². The van der Waals surface area contributed by atoms with Crippen LogP contribution in [0.2, 0.25) is 0 Å². The zero-order chi connectivity index (χ0) is 13.0. The highest BCUT2D eigenvalue weighted by molar-refractivity contribution is 7.90. The minimum Gasteiger partial charge on any atom is -0.480 e. The lowest BCUT2D eigenvalue weighted by atomic mass is 9.56. The van der Waals surface area contributed by atoms with Gasteiger partial charge in [0.2, 0.25) is 10.0 Å². The summed E-state index contributed by atoms with van der Waals surface area (Å²) in [6.07, 6.45) is 5.71. The molecule has 0 aromatic carbocycles. The Morgan fingerprint density at radius 1 is 1.11 bits per heavy atom. The summed E-state index contributed by atoms with van der Waals surface area (Å²) in [4.78, 5) is 10.5. The van der Waals surface area contributed by atoms with Crippen molar-refractivity contribution in [3.63, 3.8) is 0 Å². The Morgan fingerprint density at radius 3 is 1.94 bits per heavy atom. The molecule has 4 rings (SSSR count). The van der Waals surface area contributed by atoms with Crippen molar-refractivity contribution in [3.05, 3.63) is 0 Å². The molecule has 0 heterocycles. The highest BCUT2D eigenvalue weighted by atomic mass is 32.2. The highest BCUT2D eigenvalue weighted by Crippen LogP contribution is 2.58. The first-order chi connectivity index (χ1) is 8.40. The van der Waals surface area contributed by atoms with E-state index in [-0.39, 0.29) is 0 Å². The lowest BCUT2D eigenvalue weighted by Gasteiger charge is -2.55. The van der Waals surface area contributed by atoms with Crippen LogP contribution in [0.4, 0.5) is 0 Å². The summed E-state index contributed by atoms with van der Waals surface area (Å²) in [5, 5.41) is 8.63. The second-order valence-electron chi connectivity index (χ2n) is 6.32. The minimum absolute atomic E-state index is 0.496. The van der Waals surface area contributed by atoms with E-state index >= 15 is 0 Å². The zero-order valence-corrected chi connectivity index (χ0v) is 11.1. The number of hydrogen-bond donors (Lipinski definition) is 2. The maximum absolute atomic E-state index is 12.4. The number of nitrogens with one attached hydrogen (secondary N) is 1. The third-order valence-corrected chi connectivity index (χ3v) is 7.13. The molecule has 0 aromatic rings. The molecular formula is C12H19NO4S. The van der Waals surface area contributed by atoms with Crippen molar-refractivity contribution in [3.8, 4) is 0 Å². The van der Waals surface area contributed by atoms with Gasteiger partial charge in [0.15, 0.2) is 0 Å². The van der Waals surface area contributed by atoms with Crippen LogP contribution >= 0.6 is 0 Å². The Morgan fingerprint density at radius 2 is 1.56 bits per heavy atom. The Bertz CT molecular complexity index is 435. The van der Waals surface area contributed by atoms with Crippen molar-refractivity contribution in [2.75, 3.05) is 6.54 Å². The molecule has 0 radical (unpaired) electrons. The van der Waals surface area contributed by atoms with Crippen LogP contribution in [0.5, 0.6) is 0 Å². The SMILES string of the molecule is O=C(O)CNS(=O)(=O)C12CC3CC(CC(C3)C1)C2. The second-order valence-corrected chi connectivity index (χ2v) is 8.48. The van der Waals surface area contributed by atoms with E-state index in [0.29, 0.717) is 17.8 Å². The molecule has 0 saturated heterocycles. The quantitative estimate of drug-likeness (QED) is 0.799. The molecule has 0 unspecified atom stereocenters.